The van der Waals surface area contributed by atoms with Crippen LogP contribution in [0.25, 0.3) is 0 Å². The summed E-state index contributed by atoms with van der Waals surface area (Å²) in [7, 11) is 0. The van der Waals surface area contributed by atoms with Crippen LogP contribution in [0, 0.1) is 13.7 Å². The van der Waals surface area contributed by atoms with Crippen LogP contribution in [0.5, 0.6) is 5.75 Å². The Balaban J connectivity index is 1.81. The van der Waals surface area contributed by atoms with Crippen molar-refractivity contribution in [1.82, 2.24) is 0 Å². The van der Waals surface area contributed by atoms with Crippen LogP contribution in [0.15, 0.2) is 36.4 Å². The van der Waals surface area contributed by atoms with Gasteiger partial charge < -0.3 is 14.2 Å². The van der Waals surface area contributed by atoms with Crippen molar-refractivity contribution in [2.45, 2.75) is 13.2 Å². The summed E-state index contributed by atoms with van der Waals surface area (Å²) >= 11 is 2.14. The Hall–Kier alpha value is -2.20. The number of nitro benzene ring substituents is 1. The quantitative estimate of drug-likeness (QED) is 0.313. The molecule has 0 bridgehead atoms. The van der Waals surface area contributed by atoms with Gasteiger partial charge in [0, 0.05) is 26.8 Å². The summed E-state index contributed by atoms with van der Waals surface area (Å²) < 4.78 is 16.8. The molecule has 0 aliphatic carbocycles. The zero-order valence-corrected chi connectivity index (χ0v) is 14.5. The third-order valence-corrected chi connectivity index (χ3v) is 4.14. The van der Waals surface area contributed by atoms with Gasteiger partial charge in [0.05, 0.1) is 17.1 Å². The third-order valence-electron chi connectivity index (χ3n) is 3.42. The van der Waals surface area contributed by atoms with Crippen molar-refractivity contribution in [2.75, 3.05) is 6.79 Å². The number of halogens is 1. The number of hydrogen-bond donors (Lipinski definition) is 0. The maximum atomic E-state index is 12.1. The molecule has 0 saturated heterocycles. The second kappa shape index (κ2) is 7.14. The standard InChI is InChI=1S/C16H12INO6/c17-13-3-1-10(2-4-13)16(19)23-8-12-6-14(18(20)21)5-11-7-22-9-24-15(11)12/h1-6H,7-9H2. The number of non-ortho nitro benzene ring substituents is 1. The van der Waals surface area contributed by atoms with Crippen molar-refractivity contribution in [3.05, 3.63) is 66.8 Å². The number of nitrogens with zero attached hydrogens (tertiary/aromatic N) is 1. The number of benzene rings is 2. The third kappa shape index (κ3) is 3.65. The van der Waals surface area contributed by atoms with E-state index in [4.69, 9.17) is 14.2 Å². The van der Waals surface area contributed by atoms with Gasteiger partial charge in [0.1, 0.15) is 12.4 Å². The van der Waals surface area contributed by atoms with E-state index in [0.717, 1.165) is 3.57 Å². The van der Waals surface area contributed by atoms with Crippen LogP contribution in [0.1, 0.15) is 21.5 Å². The van der Waals surface area contributed by atoms with E-state index < -0.39 is 10.9 Å². The van der Waals surface area contributed by atoms with Crippen molar-refractivity contribution >= 4 is 34.2 Å². The van der Waals surface area contributed by atoms with Gasteiger partial charge in [-0.2, -0.15) is 0 Å². The molecule has 1 heterocycles. The van der Waals surface area contributed by atoms with E-state index in [9.17, 15) is 14.9 Å². The molecule has 0 N–H and O–H groups in total. The van der Waals surface area contributed by atoms with Gasteiger partial charge in [0.25, 0.3) is 5.69 Å². The predicted molar refractivity (Wildman–Crippen MR) is 91.7 cm³/mol. The van der Waals surface area contributed by atoms with Crippen LogP contribution < -0.4 is 4.74 Å². The van der Waals surface area contributed by atoms with Crippen LogP contribution in [-0.2, 0) is 22.7 Å². The lowest BCUT2D eigenvalue weighted by Crippen LogP contribution is -2.15. The molecular weight excluding hydrogens is 429 g/mol. The lowest BCUT2D eigenvalue weighted by atomic mass is 10.1. The summed E-state index contributed by atoms with van der Waals surface area (Å²) in [6.07, 6.45) is 0. The van der Waals surface area contributed by atoms with E-state index >= 15 is 0 Å². The zero-order valence-electron chi connectivity index (χ0n) is 12.4. The van der Waals surface area contributed by atoms with Crippen molar-refractivity contribution in [1.29, 1.82) is 0 Å². The van der Waals surface area contributed by atoms with Crippen molar-refractivity contribution in [3.63, 3.8) is 0 Å². The number of esters is 1. The monoisotopic (exact) mass is 441 g/mol. The van der Waals surface area contributed by atoms with E-state index in [0.29, 0.717) is 22.4 Å². The first-order valence-corrected chi connectivity index (χ1v) is 8.06. The first kappa shape index (κ1) is 16.7. The molecule has 3 rings (SSSR count). The van der Waals surface area contributed by atoms with Crippen LogP contribution in [0.4, 0.5) is 5.69 Å². The number of nitro groups is 1. The molecule has 0 radical (unpaired) electrons. The Kier molecular flexibility index (Phi) is 4.95. The molecule has 0 aromatic heterocycles. The number of ether oxygens (including phenoxy) is 3. The van der Waals surface area contributed by atoms with Crippen molar-refractivity contribution in [3.8, 4) is 5.75 Å². The second-order valence-corrected chi connectivity index (χ2v) is 6.29. The first-order chi connectivity index (χ1) is 11.5. The van der Waals surface area contributed by atoms with Gasteiger partial charge in [-0.3, -0.25) is 10.1 Å². The number of hydrogen-bond acceptors (Lipinski definition) is 6. The Morgan fingerprint density at radius 2 is 2.04 bits per heavy atom. The fourth-order valence-corrected chi connectivity index (χ4v) is 2.67. The molecule has 0 unspecified atom stereocenters. The van der Waals surface area contributed by atoms with E-state index in [2.05, 4.69) is 22.6 Å². The highest BCUT2D eigenvalue weighted by Gasteiger charge is 2.22. The van der Waals surface area contributed by atoms with Gasteiger partial charge >= 0.3 is 5.97 Å². The summed E-state index contributed by atoms with van der Waals surface area (Å²) in [4.78, 5) is 22.6. The fraction of sp³-hybridized carbons (Fsp3) is 0.188. The van der Waals surface area contributed by atoms with Crippen molar-refractivity contribution in [2.24, 2.45) is 0 Å². The Morgan fingerprint density at radius 1 is 1.29 bits per heavy atom. The maximum Gasteiger partial charge on any atom is 0.338 e. The molecule has 24 heavy (non-hydrogen) atoms. The number of fused-ring (bicyclic) bond motifs is 1. The van der Waals surface area contributed by atoms with Crippen LogP contribution in [0.3, 0.4) is 0 Å². The molecule has 0 atom stereocenters. The largest absolute Gasteiger partial charge is 0.467 e. The summed E-state index contributed by atoms with van der Waals surface area (Å²) in [5.41, 5.74) is 1.33. The predicted octanol–water partition coefficient (Wildman–Crippen LogP) is 3.42. The van der Waals surface area contributed by atoms with Gasteiger partial charge in [-0.1, -0.05) is 0 Å². The minimum absolute atomic E-state index is 0.0584. The van der Waals surface area contributed by atoms with Gasteiger partial charge in [-0.15, -0.1) is 0 Å². The summed E-state index contributed by atoms with van der Waals surface area (Å²) in [5, 5.41) is 11.0. The first-order valence-electron chi connectivity index (χ1n) is 6.98. The highest BCUT2D eigenvalue weighted by molar-refractivity contribution is 14.1. The molecule has 124 valence electrons. The minimum Gasteiger partial charge on any atom is -0.467 e. The smallest absolute Gasteiger partial charge is 0.338 e. The fourth-order valence-electron chi connectivity index (χ4n) is 2.31. The Morgan fingerprint density at radius 3 is 2.75 bits per heavy atom. The second-order valence-electron chi connectivity index (χ2n) is 5.04. The van der Waals surface area contributed by atoms with Crippen LogP contribution in [0.2, 0.25) is 0 Å². The van der Waals surface area contributed by atoms with E-state index in [-0.39, 0.29) is 25.7 Å². The lowest BCUT2D eigenvalue weighted by molar-refractivity contribution is -0.385. The van der Waals surface area contributed by atoms with E-state index in [1.54, 1.807) is 24.3 Å². The van der Waals surface area contributed by atoms with E-state index in [1.807, 2.05) is 0 Å². The zero-order chi connectivity index (χ0) is 17.1. The molecular formula is C16H12INO6. The Bertz CT molecular complexity index is 790. The molecule has 0 saturated carbocycles. The highest BCUT2D eigenvalue weighted by Crippen LogP contribution is 2.33. The minimum atomic E-state index is -0.501. The van der Waals surface area contributed by atoms with Crippen LogP contribution in [-0.4, -0.2) is 17.7 Å². The lowest BCUT2D eigenvalue weighted by Gasteiger charge is -2.20. The van der Waals surface area contributed by atoms with E-state index in [1.165, 1.54) is 12.1 Å². The Labute approximate surface area is 150 Å². The molecule has 0 fully saturated rings. The summed E-state index contributed by atoms with van der Waals surface area (Å²) in [6, 6.07) is 9.68. The molecule has 1 aliphatic heterocycles. The van der Waals surface area contributed by atoms with Gasteiger partial charge in [0.15, 0.2) is 6.79 Å². The molecule has 0 amide bonds. The van der Waals surface area contributed by atoms with Crippen molar-refractivity contribution < 1.29 is 23.9 Å². The normalized spacial score (nSPS) is 12.9. The summed E-state index contributed by atoms with van der Waals surface area (Å²) in [6.45, 7) is 0.160. The van der Waals surface area contributed by atoms with Gasteiger partial charge in [-0.25, -0.2) is 4.79 Å². The molecule has 2 aromatic carbocycles. The number of rotatable bonds is 4. The molecule has 2 aromatic rings. The molecule has 7 nitrogen and oxygen atoms in total. The van der Waals surface area contributed by atoms with Gasteiger partial charge in [-0.05, 0) is 46.9 Å². The molecule has 0 spiro atoms. The maximum absolute atomic E-state index is 12.1. The average Bonchev–Trinajstić information content (AvgIpc) is 2.59. The SMILES string of the molecule is O=C(OCc1cc([N+](=O)[O-])cc2c1OCOC2)c1ccc(I)cc1. The number of carbonyl (C=O) groups is 1. The summed E-state index contributed by atoms with van der Waals surface area (Å²) in [5.74, 6) is -0.0269. The van der Waals surface area contributed by atoms with Crippen LogP contribution >= 0.6 is 22.6 Å². The topological polar surface area (TPSA) is 87.9 Å². The highest BCUT2D eigenvalue weighted by atomic mass is 127. The number of carbonyl (C=O) groups excluding carboxylic acids is 1. The van der Waals surface area contributed by atoms with Gasteiger partial charge in [0.2, 0.25) is 0 Å². The average molecular weight is 441 g/mol. The molecule has 8 heteroatoms. The molecule has 1 aliphatic rings.